The van der Waals surface area contributed by atoms with Crippen molar-refractivity contribution in [3.8, 4) is 17.2 Å². The highest BCUT2D eigenvalue weighted by atomic mass is 35.5. The molecule has 0 atom stereocenters. The van der Waals surface area contributed by atoms with Gasteiger partial charge in [-0.1, -0.05) is 30.7 Å². The molecule has 7 nitrogen and oxygen atoms in total. The maximum absolute atomic E-state index is 12.1. The van der Waals surface area contributed by atoms with Gasteiger partial charge in [0.15, 0.2) is 13.2 Å². The first kappa shape index (κ1) is 21.4. The van der Waals surface area contributed by atoms with Crippen molar-refractivity contribution >= 4 is 29.2 Å². The van der Waals surface area contributed by atoms with E-state index in [1.165, 1.54) is 31.9 Å². The van der Waals surface area contributed by atoms with Gasteiger partial charge in [0.2, 0.25) is 0 Å². The molecule has 0 heterocycles. The molecule has 0 fully saturated rings. The summed E-state index contributed by atoms with van der Waals surface area (Å²) in [7, 11) is 2.90. The van der Waals surface area contributed by atoms with Crippen LogP contribution in [0, 0.1) is 0 Å². The van der Waals surface area contributed by atoms with Crippen LogP contribution < -0.4 is 19.5 Å². The van der Waals surface area contributed by atoms with Crippen molar-refractivity contribution in [1.82, 2.24) is 0 Å². The zero-order valence-electron chi connectivity index (χ0n) is 15.9. The number of benzene rings is 2. The number of nitrogens with one attached hydrogen (secondary N) is 1. The van der Waals surface area contributed by atoms with Crippen LogP contribution in [-0.2, 0) is 20.7 Å². The van der Waals surface area contributed by atoms with Crippen LogP contribution in [-0.4, -0.2) is 39.3 Å². The molecule has 28 heavy (non-hydrogen) atoms. The van der Waals surface area contributed by atoms with Crippen molar-refractivity contribution in [1.29, 1.82) is 0 Å². The van der Waals surface area contributed by atoms with Gasteiger partial charge in [-0.25, -0.2) is 4.79 Å². The van der Waals surface area contributed by atoms with Gasteiger partial charge in [0.1, 0.15) is 17.2 Å². The third-order valence-electron chi connectivity index (χ3n) is 3.80. The molecule has 0 saturated carbocycles. The lowest BCUT2D eigenvalue weighted by atomic mass is 10.2. The molecule has 2 aromatic rings. The summed E-state index contributed by atoms with van der Waals surface area (Å²) < 4.78 is 20.5. The highest BCUT2D eigenvalue weighted by molar-refractivity contribution is 6.32. The number of carbonyl (C=O) groups excluding carboxylic acids is 2. The standard InChI is InChI=1S/C20H22ClNO6/c1-4-13-5-7-14(8-6-13)27-12-20(24)28-11-19(23)22-16-10-17(25-2)15(21)9-18(16)26-3/h5-10H,4,11-12H2,1-3H3,(H,22,23). The second kappa shape index (κ2) is 10.4. The van der Waals surface area contributed by atoms with Gasteiger partial charge in [0, 0.05) is 12.1 Å². The van der Waals surface area contributed by atoms with E-state index in [2.05, 4.69) is 5.32 Å². The maximum atomic E-state index is 12.1. The van der Waals surface area contributed by atoms with Crippen molar-refractivity contribution in [3.05, 3.63) is 47.0 Å². The first-order valence-corrected chi connectivity index (χ1v) is 8.93. The Kier molecular flexibility index (Phi) is 7.95. The molecule has 0 aliphatic carbocycles. The largest absolute Gasteiger partial charge is 0.495 e. The van der Waals surface area contributed by atoms with Crippen LogP contribution in [0.15, 0.2) is 36.4 Å². The van der Waals surface area contributed by atoms with Gasteiger partial charge < -0.3 is 24.3 Å². The Morgan fingerprint density at radius 3 is 2.29 bits per heavy atom. The van der Waals surface area contributed by atoms with Crippen LogP contribution >= 0.6 is 11.6 Å². The normalized spacial score (nSPS) is 10.1. The highest BCUT2D eigenvalue weighted by Crippen LogP contribution is 2.35. The number of hydrogen-bond acceptors (Lipinski definition) is 6. The summed E-state index contributed by atoms with van der Waals surface area (Å²) in [6.45, 7) is 1.29. The van der Waals surface area contributed by atoms with Gasteiger partial charge in [-0.15, -0.1) is 0 Å². The predicted molar refractivity (Wildman–Crippen MR) is 105 cm³/mol. The molecule has 8 heteroatoms. The van der Waals surface area contributed by atoms with Crippen LogP contribution in [0.3, 0.4) is 0 Å². The maximum Gasteiger partial charge on any atom is 0.344 e. The first-order chi connectivity index (χ1) is 13.5. The molecule has 1 N–H and O–H groups in total. The van der Waals surface area contributed by atoms with E-state index in [0.717, 1.165) is 6.42 Å². The molecule has 0 unspecified atom stereocenters. The molecular formula is C20H22ClNO6. The van der Waals surface area contributed by atoms with Crippen molar-refractivity contribution in [3.63, 3.8) is 0 Å². The predicted octanol–water partition coefficient (Wildman–Crippen LogP) is 3.48. The minimum absolute atomic E-state index is 0.295. The summed E-state index contributed by atoms with van der Waals surface area (Å²) in [5, 5.41) is 2.93. The van der Waals surface area contributed by atoms with E-state index >= 15 is 0 Å². The second-order valence-corrected chi connectivity index (χ2v) is 6.09. The average Bonchev–Trinajstić information content (AvgIpc) is 2.71. The summed E-state index contributed by atoms with van der Waals surface area (Å²) in [6, 6.07) is 10.4. The minimum atomic E-state index is -0.657. The molecule has 0 aromatic heterocycles. The number of halogens is 1. The molecule has 0 radical (unpaired) electrons. The fourth-order valence-electron chi connectivity index (χ4n) is 2.30. The van der Waals surface area contributed by atoms with Crippen LogP contribution in [0.2, 0.25) is 5.02 Å². The van der Waals surface area contributed by atoms with Gasteiger partial charge in [-0.3, -0.25) is 4.79 Å². The van der Waals surface area contributed by atoms with E-state index in [9.17, 15) is 9.59 Å². The number of amides is 1. The summed E-state index contributed by atoms with van der Waals surface area (Å²) in [6.07, 6.45) is 0.918. The Hall–Kier alpha value is -2.93. The van der Waals surface area contributed by atoms with Gasteiger partial charge >= 0.3 is 5.97 Å². The number of methoxy groups -OCH3 is 2. The number of esters is 1. The molecule has 2 rings (SSSR count). The average molecular weight is 408 g/mol. The fourth-order valence-corrected chi connectivity index (χ4v) is 2.53. The smallest absolute Gasteiger partial charge is 0.344 e. The first-order valence-electron chi connectivity index (χ1n) is 8.55. The lowest BCUT2D eigenvalue weighted by Gasteiger charge is -2.13. The summed E-state index contributed by atoms with van der Waals surface area (Å²) in [5.41, 5.74) is 1.51. The topological polar surface area (TPSA) is 83.1 Å². The van der Waals surface area contributed by atoms with Crippen molar-refractivity contribution < 1.29 is 28.5 Å². The molecular weight excluding hydrogens is 386 g/mol. The third-order valence-corrected chi connectivity index (χ3v) is 4.10. The third kappa shape index (κ3) is 6.06. The van der Waals surface area contributed by atoms with Gasteiger partial charge in [0.25, 0.3) is 5.91 Å². The molecule has 0 spiro atoms. The number of ether oxygens (including phenoxy) is 4. The van der Waals surface area contributed by atoms with E-state index in [-0.39, 0.29) is 6.61 Å². The molecule has 0 aliphatic heterocycles. The molecule has 2 aromatic carbocycles. The lowest BCUT2D eigenvalue weighted by molar-refractivity contribution is -0.149. The molecule has 0 aliphatic rings. The van der Waals surface area contributed by atoms with Crippen LogP contribution in [0.4, 0.5) is 5.69 Å². The van der Waals surface area contributed by atoms with Crippen molar-refractivity contribution in [2.24, 2.45) is 0 Å². The SMILES string of the molecule is CCc1ccc(OCC(=O)OCC(=O)Nc2cc(OC)c(Cl)cc2OC)cc1. The van der Waals surface area contributed by atoms with E-state index in [0.29, 0.717) is 28.0 Å². The highest BCUT2D eigenvalue weighted by Gasteiger charge is 2.14. The van der Waals surface area contributed by atoms with Gasteiger partial charge in [0.05, 0.1) is 24.9 Å². The number of anilines is 1. The van der Waals surface area contributed by atoms with Crippen molar-refractivity contribution in [2.45, 2.75) is 13.3 Å². The molecule has 150 valence electrons. The van der Waals surface area contributed by atoms with Gasteiger partial charge in [-0.2, -0.15) is 0 Å². The van der Waals surface area contributed by atoms with E-state index in [4.69, 9.17) is 30.5 Å². The quantitative estimate of drug-likeness (QED) is 0.641. The monoisotopic (exact) mass is 407 g/mol. The van der Waals surface area contributed by atoms with E-state index < -0.39 is 18.5 Å². The summed E-state index contributed by atoms with van der Waals surface area (Å²) in [4.78, 5) is 23.8. The second-order valence-electron chi connectivity index (χ2n) is 5.68. The van der Waals surface area contributed by atoms with Crippen LogP contribution in [0.1, 0.15) is 12.5 Å². The summed E-state index contributed by atoms with van der Waals surface area (Å²) >= 11 is 6.02. The fraction of sp³-hybridized carbons (Fsp3) is 0.300. The van der Waals surface area contributed by atoms with Crippen LogP contribution in [0.5, 0.6) is 17.2 Å². The Labute approximate surface area is 168 Å². The van der Waals surface area contributed by atoms with E-state index in [1.807, 2.05) is 19.1 Å². The number of carbonyl (C=O) groups is 2. The van der Waals surface area contributed by atoms with Crippen molar-refractivity contribution in [2.75, 3.05) is 32.8 Å². The Bertz CT molecular complexity index is 822. The zero-order valence-corrected chi connectivity index (χ0v) is 16.7. The Morgan fingerprint density at radius 2 is 1.68 bits per heavy atom. The lowest BCUT2D eigenvalue weighted by Crippen LogP contribution is -2.23. The zero-order chi connectivity index (χ0) is 20.5. The van der Waals surface area contributed by atoms with Crippen LogP contribution in [0.25, 0.3) is 0 Å². The molecule has 1 amide bonds. The molecule has 0 saturated heterocycles. The summed E-state index contributed by atoms with van der Waals surface area (Å²) in [5.74, 6) is 0.0804. The number of aryl methyl sites for hydroxylation is 1. The number of hydrogen-bond donors (Lipinski definition) is 1. The molecule has 0 bridgehead atoms. The van der Waals surface area contributed by atoms with Gasteiger partial charge in [-0.05, 0) is 24.1 Å². The Balaban J connectivity index is 1.83. The minimum Gasteiger partial charge on any atom is -0.495 e. The van der Waals surface area contributed by atoms with E-state index in [1.54, 1.807) is 12.1 Å². The Morgan fingerprint density at radius 1 is 1.00 bits per heavy atom. The number of rotatable bonds is 9.